The van der Waals surface area contributed by atoms with Gasteiger partial charge in [-0.1, -0.05) is 0 Å². The second-order valence-electron chi connectivity index (χ2n) is 6.50. The number of rotatable bonds is 5. The van der Waals surface area contributed by atoms with E-state index in [1.165, 1.54) is 0 Å². The first-order valence-corrected chi connectivity index (χ1v) is 8.74. The molecule has 30 heavy (non-hydrogen) atoms. The summed E-state index contributed by atoms with van der Waals surface area (Å²) in [6.45, 7) is 3.90. The third-order valence-corrected chi connectivity index (χ3v) is 4.33. The highest BCUT2D eigenvalue weighted by Crippen LogP contribution is 2.38. The van der Waals surface area contributed by atoms with Gasteiger partial charge in [-0.15, -0.1) is 0 Å². The highest BCUT2D eigenvalue weighted by Gasteiger charge is 2.56. The lowest BCUT2D eigenvalue weighted by Gasteiger charge is -2.31. The normalized spacial score (nSPS) is 23.0. The van der Waals surface area contributed by atoms with Crippen molar-refractivity contribution in [3.63, 3.8) is 0 Å². The number of anilines is 1. The smallest absolute Gasteiger partial charge is 0.351 e. The maximum absolute atomic E-state index is 14.1. The maximum Gasteiger partial charge on any atom is 0.351 e. The van der Waals surface area contributed by atoms with Crippen LogP contribution in [0.4, 0.5) is 10.2 Å². The number of halogens is 1. The van der Waals surface area contributed by atoms with Gasteiger partial charge in [0, 0.05) is 27.7 Å². The number of carbonyl (C=O) groups is 4. The molecular weight excluding hydrogens is 407 g/mol. The summed E-state index contributed by atoms with van der Waals surface area (Å²) in [5.74, 6) is -4.76. The molecule has 0 saturated carbocycles. The summed E-state index contributed by atoms with van der Waals surface area (Å²) < 4.78 is 30.1. The van der Waals surface area contributed by atoms with Crippen LogP contribution < -0.4 is 11.4 Å². The number of carbonyl (C=O) groups excluding carboxylic acids is 4. The van der Waals surface area contributed by atoms with E-state index in [0.717, 1.165) is 32.6 Å². The van der Waals surface area contributed by atoms with E-state index >= 15 is 0 Å². The van der Waals surface area contributed by atoms with Crippen molar-refractivity contribution in [3.8, 4) is 0 Å². The first kappa shape index (κ1) is 22.8. The fourth-order valence-corrected chi connectivity index (χ4v) is 3.34. The SMILES string of the molecule is CC(=O)OC[C@@H]1[C@@H](OC(C)=O)[C@@H](OC(C)=O)[C@H](n2c(N)c(F)cnc2=O)N1C(C)=O. The topological polar surface area (TPSA) is 160 Å². The molecule has 164 valence electrons. The first-order chi connectivity index (χ1) is 14.0. The molecule has 13 heteroatoms. The van der Waals surface area contributed by atoms with Crippen LogP contribution in [0, 0.1) is 5.82 Å². The highest BCUT2D eigenvalue weighted by molar-refractivity contribution is 5.75. The van der Waals surface area contributed by atoms with E-state index < -0.39 is 72.2 Å². The van der Waals surface area contributed by atoms with Gasteiger partial charge in [-0.05, 0) is 0 Å². The van der Waals surface area contributed by atoms with Gasteiger partial charge in [-0.3, -0.25) is 23.7 Å². The van der Waals surface area contributed by atoms with Gasteiger partial charge in [0.25, 0.3) is 0 Å². The van der Waals surface area contributed by atoms with Crippen molar-refractivity contribution < 1.29 is 37.8 Å². The molecule has 4 atom stereocenters. The lowest BCUT2D eigenvalue weighted by molar-refractivity contribution is -0.166. The Hall–Kier alpha value is -3.51. The zero-order valence-electron chi connectivity index (χ0n) is 16.7. The van der Waals surface area contributed by atoms with Crippen LogP contribution in [-0.2, 0) is 33.4 Å². The Morgan fingerprint density at radius 1 is 1.07 bits per heavy atom. The molecule has 2 rings (SSSR count). The lowest BCUT2D eigenvalue weighted by atomic mass is 10.1. The van der Waals surface area contributed by atoms with Gasteiger partial charge >= 0.3 is 23.6 Å². The predicted octanol–water partition coefficient (Wildman–Crippen LogP) is -0.880. The molecule has 1 aromatic heterocycles. The second kappa shape index (κ2) is 8.88. The van der Waals surface area contributed by atoms with E-state index in [-0.39, 0.29) is 0 Å². The molecule has 2 heterocycles. The zero-order valence-corrected chi connectivity index (χ0v) is 16.7. The monoisotopic (exact) mass is 428 g/mol. The molecule has 12 nitrogen and oxygen atoms in total. The number of ether oxygens (including phenoxy) is 3. The average molecular weight is 428 g/mol. The number of aromatic nitrogens is 2. The van der Waals surface area contributed by atoms with Gasteiger partial charge in [0.2, 0.25) is 5.91 Å². The molecule has 0 unspecified atom stereocenters. The van der Waals surface area contributed by atoms with E-state index in [1.54, 1.807) is 0 Å². The first-order valence-electron chi connectivity index (χ1n) is 8.74. The number of amides is 1. The third-order valence-electron chi connectivity index (χ3n) is 4.33. The Morgan fingerprint density at radius 2 is 1.63 bits per heavy atom. The van der Waals surface area contributed by atoms with Crippen LogP contribution in [-0.4, -0.2) is 63.1 Å². The lowest BCUT2D eigenvalue weighted by Crippen LogP contribution is -2.46. The Kier molecular flexibility index (Phi) is 6.74. The molecule has 1 saturated heterocycles. The summed E-state index contributed by atoms with van der Waals surface area (Å²) >= 11 is 0. The molecule has 2 N–H and O–H groups in total. The quantitative estimate of drug-likeness (QED) is 0.461. The second-order valence-corrected chi connectivity index (χ2v) is 6.50. The van der Waals surface area contributed by atoms with E-state index in [2.05, 4.69) is 4.98 Å². The fraction of sp³-hybridized carbons (Fsp3) is 0.529. The fourth-order valence-electron chi connectivity index (χ4n) is 3.34. The minimum absolute atomic E-state index is 0.460. The minimum Gasteiger partial charge on any atom is -0.464 e. The van der Waals surface area contributed by atoms with Crippen LogP contribution in [0.5, 0.6) is 0 Å². The van der Waals surface area contributed by atoms with Gasteiger partial charge in [0.05, 0.1) is 6.20 Å². The third kappa shape index (κ3) is 4.55. The van der Waals surface area contributed by atoms with E-state index in [9.17, 15) is 28.4 Å². The summed E-state index contributed by atoms with van der Waals surface area (Å²) in [7, 11) is 0. The number of hydrogen-bond donors (Lipinski definition) is 1. The van der Waals surface area contributed by atoms with Crippen LogP contribution in [0.3, 0.4) is 0 Å². The van der Waals surface area contributed by atoms with E-state index in [1.807, 2.05) is 0 Å². The van der Waals surface area contributed by atoms with E-state index in [4.69, 9.17) is 19.9 Å². The molecule has 1 amide bonds. The number of likely N-dealkylation sites (tertiary alicyclic amines) is 1. The average Bonchev–Trinajstić information content (AvgIpc) is 2.89. The summed E-state index contributed by atoms with van der Waals surface area (Å²) in [5.41, 5.74) is 4.66. The molecule has 0 spiro atoms. The van der Waals surface area contributed by atoms with Crippen molar-refractivity contribution in [3.05, 3.63) is 22.5 Å². The van der Waals surface area contributed by atoms with Gasteiger partial charge in [0.15, 0.2) is 24.2 Å². The van der Waals surface area contributed by atoms with Crippen molar-refractivity contribution in [1.29, 1.82) is 0 Å². The Labute approximate surface area is 169 Å². The summed E-state index contributed by atoms with van der Waals surface area (Å²) in [4.78, 5) is 64.0. The zero-order chi connectivity index (χ0) is 22.7. The van der Waals surface area contributed by atoms with Crippen LogP contribution in [0.1, 0.15) is 33.9 Å². The highest BCUT2D eigenvalue weighted by atomic mass is 19.1. The summed E-state index contributed by atoms with van der Waals surface area (Å²) in [5, 5.41) is 0. The molecular formula is C17H21FN4O8. The van der Waals surface area contributed by atoms with Gasteiger partial charge < -0.3 is 24.8 Å². The largest absolute Gasteiger partial charge is 0.464 e. The summed E-state index contributed by atoms with van der Waals surface area (Å²) in [6.07, 6.45) is -3.75. The van der Waals surface area contributed by atoms with Gasteiger partial charge in [-0.25, -0.2) is 9.18 Å². The Balaban J connectivity index is 2.73. The van der Waals surface area contributed by atoms with Gasteiger partial charge in [0.1, 0.15) is 18.5 Å². The number of esters is 3. The Morgan fingerprint density at radius 3 is 2.13 bits per heavy atom. The molecule has 1 aliphatic heterocycles. The number of hydrogen-bond acceptors (Lipinski definition) is 10. The van der Waals surface area contributed by atoms with Crippen LogP contribution in [0.25, 0.3) is 0 Å². The maximum atomic E-state index is 14.1. The van der Waals surface area contributed by atoms with Crippen molar-refractivity contribution in [1.82, 2.24) is 14.5 Å². The Bertz CT molecular complexity index is 933. The molecule has 0 aliphatic carbocycles. The van der Waals surface area contributed by atoms with Crippen LogP contribution in [0.15, 0.2) is 11.0 Å². The van der Waals surface area contributed by atoms with Crippen molar-refractivity contribution >= 4 is 29.6 Å². The molecule has 1 fully saturated rings. The molecule has 1 aromatic rings. The van der Waals surface area contributed by atoms with Gasteiger partial charge in [-0.2, -0.15) is 4.98 Å². The van der Waals surface area contributed by atoms with Crippen molar-refractivity contribution in [2.45, 2.75) is 52.1 Å². The molecule has 0 aromatic carbocycles. The minimum atomic E-state index is -1.52. The van der Waals surface area contributed by atoms with Crippen LogP contribution >= 0.6 is 0 Å². The van der Waals surface area contributed by atoms with Crippen molar-refractivity contribution in [2.24, 2.45) is 0 Å². The summed E-state index contributed by atoms with van der Waals surface area (Å²) in [6, 6.07) is -1.17. The van der Waals surface area contributed by atoms with Crippen LogP contribution in [0.2, 0.25) is 0 Å². The molecule has 1 aliphatic rings. The predicted molar refractivity (Wildman–Crippen MR) is 96.0 cm³/mol. The standard InChI is InChI=1S/C17H21FN4O8/c1-7(23)21-12(6-28-8(2)24)13(29-9(3)25)14(30-10(4)26)16(21)22-15(19)11(18)5-20-17(22)27/h5,12-14,16H,6,19H2,1-4H3/t12-,13-,14-,16+/m1/s1. The number of nitrogens with two attached hydrogens (primary N) is 1. The van der Waals surface area contributed by atoms with E-state index in [0.29, 0.717) is 10.8 Å². The van der Waals surface area contributed by atoms with Crippen molar-refractivity contribution in [2.75, 3.05) is 12.3 Å². The number of nitrogens with zero attached hydrogens (tertiary/aromatic N) is 3. The number of nitrogen functional groups attached to an aromatic ring is 1. The molecule has 0 bridgehead atoms. The molecule has 0 radical (unpaired) electrons.